The third-order valence-electron chi connectivity index (χ3n) is 1.24. The summed E-state index contributed by atoms with van der Waals surface area (Å²) in [6.07, 6.45) is -14.7. The first-order valence-electron chi connectivity index (χ1n) is 3.10. The first-order valence-corrected chi connectivity index (χ1v) is 4.18. The molecule has 1 atom stereocenters. The van der Waals surface area contributed by atoms with Crippen molar-refractivity contribution in [1.29, 1.82) is 0 Å². The van der Waals surface area contributed by atoms with Crippen LogP contribution in [-0.4, -0.2) is 22.0 Å². The SMILES string of the molecule is FC(F)(F)CC(F)(I)C(F)(F)C(F)(F)F. The van der Waals surface area contributed by atoms with Crippen molar-refractivity contribution in [3.8, 4) is 0 Å². The second kappa shape index (κ2) is 3.84. The highest BCUT2D eigenvalue weighted by molar-refractivity contribution is 14.1. The van der Waals surface area contributed by atoms with E-state index in [2.05, 4.69) is 0 Å². The van der Waals surface area contributed by atoms with E-state index in [-0.39, 0.29) is 22.6 Å². The van der Waals surface area contributed by atoms with Crippen molar-refractivity contribution in [1.82, 2.24) is 0 Å². The molecule has 0 radical (unpaired) electrons. The molecule has 0 aromatic rings. The third kappa shape index (κ3) is 3.55. The zero-order chi connectivity index (χ0) is 12.7. The Morgan fingerprint density at radius 1 is 0.733 bits per heavy atom. The Labute approximate surface area is 91.0 Å². The highest BCUT2D eigenvalue weighted by Crippen LogP contribution is 2.53. The Kier molecular flexibility index (Phi) is 3.87. The molecule has 0 nitrogen and oxygen atoms in total. The highest BCUT2D eigenvalue weighted by atomic mass is 127. The van der Waals surface area contributed by atoms with Gasteiger partial charge in [-0.2, -0.15) is 35.1 Å². The van der Waals surface area contributed by atoms with Gasteiger partial charge in [0, 0.05) is 0 Å². The molecule has 0 bridgehead atoms. The van der Waals surface area contributed by atoms with Crippen LogP contribution >= 0.6 is 22.6 Å². The second-order valence-corrected chi connectivity index (χ2v) is 4.28. The summed E-state index contributed by atoms with van der Waals surface area (Å²) in [7, 11) is 0. The molecule has 0 aromatic carbocycles. The largest absolute Gasteiger partial charge is 0.457 e. The van der Waals surface area contributed by atoms with E-state index >= 15 is 0 Å². The minimum absolute atomic E-state index is 0.188. The molecule has 0 aliphatic carbocycles. The first kappa shape index (κ1) is 15.1. The normalized spacial score (nSPS) is 18.8. The van der Waals surface area contributed by atoms with Crippen molar-refractivity contribution < 1.29 is 39.5 Å². The Hall–Kier alpha value is 0.1000. The van der Waals surface area contributed by atoms with Crippen LogP contribution in [0.15, 0.2) is 0 Å². The van der Waals surface area contributed by atoms with Crippen LogP contribution in [0.25, 0.3) is 0 Å². The summed E-state index contributed by atoms with van der Waals surface area (Å²) in [4.78, 5) is 0. The van der Waals surface area contributed by atoms with Gasteiger partial charge >= 0.3 is 18.3 Å². The maximum absolute atomic E-state index is 12.7. The summed E-state index contributed by atoms with van der Waals surface area (Å²) < 4.78 is 102. The van der Waals surface area contributed by atoms with Gasteiger partial charge in [-0.05, 0) is 22.6 Å². The number of hydrogen-bond donors (Lipinski definition) is 0. The van der Waals surface area contributed by atoms with E-state index in [1.165, 1.54) is 0 Å². The number of alkyl halides is 10. The molecule has 92 valence electrons. The number of rotatable bonds is 2. The quantitative estimate of drug-likeness (QED) is 0.393. The molecular formula is C5H2F9I. The molecule has 0 aliphatic heterocycles. The molecule has 0 aliphatic rings. The topological polar surface area (TPSA) is 0 Å². The van der Waals surface area contributed by atoms with Crippen molar-refractivity contribution in [2.45, 2.75) is 28.4 Å². The van der Waals surface area contributed by atoms with E-state index in [4.69, 9.17) is 0 Å². The zero-order valence-electron chi connectivity index (χ0n) is 6.49. The van der Waals surface area contributed by atoms with Crippen LogP contribution in [0.2, 0.25) is 0 Å². The lowest BCUT2D eigenvalue weighted by Crippen LogP contribution is -2.52. The van der Waals surface area contributed by atoms with Crippen molar-refractivity contribution >= 4 is 22.6 Å². The fourth-order valence-corrected chi connectivity index (χ4v) is 1.31. The standard InChI is InChI=1S/C5H2F9I/c6-2(15,1-3(7,8)9)4(10,11)5(12,13)14/h1H2. The summed E-state index contributed by atoms with van der Waals surface area (Å²) in [6, 6.07) is 0. The molecular weight excluding hydrogens is 358 g/mol. The monoisotopic (exact) mass is 360 g/mol. The first-order chi connectivity index (χ1) is 6.21. The van der Waals surface area contributed by atoms with E-state index in [1.807, 2.05) is 0 Å². The van der Waals surface area contributed by atoms with Crippen LogP contribution in [0.1, 0.15) is 6.42 Å². The Morgan fingerprint density at radius 3 is 1.27 bits per heavy atom. The van der Waals surface area contributed by atoms with E-state index in [0.29, 0.717) is 0 Å². The van der Waals surface area contributed by atoms with Gasteiger partial charge in [-0.15, -0.1) is 0 Å². The lowest BCUT2D eigenvalue weighted by atomic mass is 10.1. The summed E-state index contributed by atoms with van der Waals surface area (Å²) in [5.41, 5.74) is 0. The molecule has 10 heteroatoms. The fraction of sp³-hybridized carbons (Fsp3) is 1.00. The van der Waals surface area contributed by atoms with Crippen molar-refractivity contribution in [3.63, 3.8) is 0 Å². The Balaban J connectivity index is 5.03. The van der Waals surface area contributed by atoms with Crippen molar-refractivity contribution in [3.05, 3.63) is 0 Å². The van der Waals surface area contributed by atoms with Crippen LogP contribution in [0.4, 0.5) is 39.5 Å². The molecule has 0 saturated heterocycles. The molecule has 0 aromatic heterocycles. The molecule has 0 heterocycles. The lowest BCUT2D eigenvalue weighted by Gasteiger charge is -2.30. The van der Waals surface area contributed by atoms with Gasteiger partial charge in [-0.1, -0.05) is 0 Å². The average Bonchev–Trinajstić information content (AvgIpc) is 1.77. The van der Waals surface area contributed by atoms with E-state index in [0.717, 1.165) is 0 Å². The van der Waals surface area contributed by atoms with Gasteiger partial charge in [0.15, 0.2) is 0 Å². The van der Waals surface area contributed by atoms with Gasteiger partial charge in [0.1, 0.15) is 0 Å². The fourth-order valence-electron chi connectivity index (χ4n) is 0.570. The predicted molar refractivity (Wildman–Crippen MR) is 39.5 cm³/mol. The summed E-state index contributed by atoms with van der Waals surface area (Å²) in [5.74, 6) is -6.06. The number of halogens is 10. The lowest BCUT2D eigenvalue weighted by molar-refractivity contribution is -0.316. The van der Waals surface area contributed by atoms with Gasteiger partial charge in [-0.25, -0.2) is 4.39 Å². The maximum Gasteiger partial charge on any atom is 0.457 e. The summed E-state index contributed by atoms with van der Waals surface area (Å²) >= 11 is -0.188. The van der Waals surface area contributed by atoms with Crippen molar-refractivity contribution in [2.75, 3.05) is 0 Å². The van der Waals surface area contributed by atoms with Crippen LogP contribution < -0.4 is 0 Å². The molecule has 0 fully saturated rings. The summed E-state index contributed by atoms with van der Waals surface area (Å²) in [6.45, 7) is 0. The highest BCUT2D eigenvalue weighted by Gasteiger charge is 2.72. The summed E-state index contributed by atoms with van der Waals surface area (Å²) in [5, 5.41) is 0. The average molecular weight is 360 g/mol. The van der Waals surface area contributed by atoms with Gasteiger partial charge in [0.2, 0.25) is 3.68 Å². The van der Waals surface area contributed by atoms with Crippen LogP contribution in [0, 0.1) is 0 Å². The van der Waals surface area contributed by atoms with Crippen LogP contribution in [0.5, 0.6) is 0 Å². The van der Waals surface area contributed by atoms with E-state index in [1.54, 1.807) is 0 Å². The minimum atomic E-state index is -6.37. The molecule has 0 rings (SSSR count). The van der Waals surface area contributed by atoms with Gasteiger partial charge in [-0.3, -0.25) is 0 Å². The van der Waals surface area contributed by atoms with Crippen LogP contribution in [0.3, 0.4) is 0 Å². The van der Waals surface area contributed by atoms with Gasteiger partial charge < -0.3 is 0 Å². The predicted octanol–water partition coefficient (Wildman–Crippen LogP) is 4.24. The van der Waals surface area contributed by atoms with Crippen LogP contribution in [-0.2, 0) is 0 Å². The molecule has 0 amide bonds. The minimum Gasteiger partial charge on any atom is -0.225 e. The van der Waals surface area contributed by atoms with Crippen molar-refractivity contribution in [2.24, 2.45) is 0 Å². The third-order valence-corrected chi connectivity index (χ3v) is 2.30. The number of hydrogen-bond acceptors (Lipinski definition) is 0. The zero-order valence-corrected chi connectivity index (χ0v) is 8.64. The molecule has 1 unspecified atom stereocenters. The molecule has 0 N–H and O–H groups in total. The Bertz CT molecular complexity index is 224. The van der Waals surface area contributed by atoms with Gasteiger partial charge in [0.05, 0.1) is 6.42 Å². The Morgan fingerprint density at radius 2 is 1.07 bits per heavy atom. The molecule has 0 saturated carbocycles. The second-order valence-electron chi connectivity index (χ2n) is 2.57. The smallest absolute Gasteiger partial charge is 0.225 e. The molecule has 15 heavy (non-hydrogen) atoms. The maximum atomic E-state index is 12.7. The molecule has 0 spiro atoms. The van der Waals surface area contributed by atoms with Gasteiger partial charge in [0.25, 0.3) is 0 Å². The van der Waals surface area contributed by atoms with E-state index < -0.39 is 28.4 Å². The van der Waals surface area contributed by atoms with E-state index in [9.17, 15) is 39.5 Å².